The molecule has 0 aliphatic heterocycles. The number of carbonyl (C=O) groups excluding carboxylic acids is 1. The van der Waals surface area contributed by atoms with Gasteiger partial charge in [-0.05, 0) is 37.1 Å². The average molecular weight is 405 g/mol. The minimum absolute atomic E-state index is 0.0447. The predicted molar refractivity (Wildman–Crippen MR) is 105 cm³/mol. The van der Waals surface area contributed by atoms with Crippen LogP contribution in [0.25, 0.3) is 0 Å². The zero-order valence-corrected chi connectivity index (χ0v) is 16.3. The molecule has 0 bridgehead atoms. The van der Waals surface area contributed by atoms with Gasteiger partial charge >= 0.3 is 6.03 Å². The minimum atomic E-state index is -3.83. The fourth-order valence-corrected chi connectivity index (χ4v) is 4.02. The van der Waals surface area contributed by atoms with Gasteiger partial charge in [-0.3, -0.25) is 4.72 Å². The maximum atomic E-state index is 12.5. The summed E-state index contributed by atoms with van der Waals surface area (Å²) < 4.78 is 32.3. The molecule has 2 aromatic rings. The van der Waals surface area contributed by atoms with E-state index in [1.54, 1.807) is 0 Å². The van der Waals surface area contributed by atoms with Crippen LogP contribution in [0.2, 0.25) is 0 Å². The van der Waals surface area contributed by atoms with Crippen molar-refractivity contribution in [2.45, 2.75) is 43.0 Å². The number of hydrogen-bond donors (Lipinski definition) is 3. The Bertz CT molecular complexity index is 912. The van der Waals surface area contributed by atoms with Gasteiger partial charge in [0, 0.05) is 17.8 Å². The van der Waals surface area contributed by atoms with Crippen molar-refractivity contribution in [3.8, 4) is 5.88 Å². The van der Waals surface area contributed by atoms with E-state index >= 15 is 0 Å². The zero-order chi connectivity index (χ0) is 20.0. The average Bonchev–Trinajstić information content (AvgIpc) is 2.69. The number of nitrogens with one attached hydrogen (secondary N) is 3. The highest BCUT2D eigenvalue weighted by atomic mass is 32.2. The van der Waals surface area contributed by atoms with E-state index in [-0.39, 0.29) is 28.7 Å². The number of anilines is 2. The molecule has 1 fully saturated rings. The third kappa shape index (κ3) is 5.32. The van der Waals surface area contributed by atoms with Crippen LogP contribution >= 0.6 is 0 Å². The van der Waals surface area contributed by atoms with Crippen molar-refractivity contribution >= 4 is 27.6 Å². The Morgan fingerprint density at radius 2 is 1.82 bits per heavy atom. The lowest BCUT2D eigenvalue weighted by molar-refractivity contribution is 0.244. The Labute approximate surface area is 164 Å². The summed E-state index contributed by atoms with van der Waals surface area (Å²) in [6, 6.07) is 7.19. The van der Waals surface area contributed by atoms with Crippen molar-refractivity contribution in [1.29, 1.82) is 0 Å². The molecule has 1 aliphatic carbocycles. The minimum Gasteiger partial charge on any atom is -0.481 e. The van der Waals surface area contributed by atoms with Crippen LogP contribution in [0.1, 0.15) is 32.1 Å². The highest BCUT2D eigenvalue weighted by Crippen LogP contribution is 2.20. The normalized spacial score (nSPS) is 14.9. The summed E-state index contributed by atoms with van der Waals surface area (Å²) in [6.45, 7) is 0. The summed E-state index contributed by atoms with van der Waals surface area (Å²) in [5, 5.41) is 5.68. The number of sulfonamides is 1. The summed E-state index contributed by atoms with van der Waals surface area (Å²) in [7, 11) is -2.40. The number of hydrogen-bond acceptors (Lipinski definition) is 6. The van der Waals surface area contributed by atoms with Gasteiger partial charge in [0.25, 0.3) is 10.0 Å². The summed E-state index contributed by atoms with van der Waals surface area (Å²) in [5.74, 6) is 0.345. The molecule has 0 unspecified atom stereocenters. The second-order valence-corrected chi connectivity index (χ2v) is 8.19. The smallest absolute Gasteiger partial charge is 0.319 e. The largest absolute Gasteiger partial charge is 0.481 e. The van der Waals surface area contributed by atoms with E-state index < -0.39 is 10.0 Å². The molecule has 0 spiro atoms. The van der Waals surface area contributed by atoms with Crippen molar-refractivity contribution in [3.05, 3.63) is 36.7 Å². The molecule has 1 aromatic heterocycles. The number of aromatic nitrogens is 2. The maximum absolute atomic E-state index is 12.5. The number of urea groups is 1. The summed E-state index contributed by atoms with van der Waals surface area (Å²) >= 11 is 0. The van der Waals surface area contributed by atoms with Gasteiger partial charge in [-0.2, -0.15) is 0 Å². The van der Waals surface area contributed by atoms with Crippen LogP contribution in [-0.2, 0) is 10.0 Å². The van der Waals surface area contributed by atoms with E-state index in [1.807, 2.05) is 0 Å². The second kappa shape index (κ2) is 8.87. The molecule has 1 aliphatic rings. The fourth-order valence-electron chi connectivity index (χ4n) is 3.02. The molecule has 10 heteroatoms. The molecule has 0 atom stereocenters. The molecule has 1 saturated carbocycles. The standard InChI is InChI=1S/C18H23N5O4S/c1-27-17-11-16(19-12-20-17)23-28(25,26)15-9-7-14(8-10-15)22-18(24)21-13-5-3-2-4-6-13/h7-13H,2-6H2,1H3,(H,19,20,23)(H2,21,22,24). The number of amides is 2. The van der Waals surface area contributed by atoms with Crippen LogP contribution in [0.5, 0.6) is 5.88 Å². The number of nitrogens with zero attached hydrogens (tertiary/aromatic N) is 2. The van der Waals surface area contributed by atoms with E-state index in [1.165, 1.54) is 50.2 Å². The van der Waals surface area contributed by atoms with Crippen LogP contribution in [0.3, 0.4) is 0 Å². The lowest BCUT2D eigenvalue weighted by atomic mass is 9.96. The van der Waals surface area contributed by atoms with Crippen molar-refractivity contribution in [1.82, 2.24) is 15.3 Å². The molecule has 1 heterocycles. The van der Waals surface area contributed by atoms with Crippen molar-refractivity contribution in [2.75, 3.05) is 17.1 Å². The fraction of sp³-hybridized carbons (Fsp3) is 0.389. The Morgan fingerprint density at radius 3 is 2.50 bits per heavy atom. The molecule has 2 amide bonds. The van der Waals surface area contributed by atoms with Gasteiger partial charge in [0.05, 0.1) is 12.0 Å². The molecular weight excluding hydrogens is 382 g/mol. The first kappa shape index (κ1) is 19.9. The first-order chi connectivity index (χ1) is 13.5. The number of rotatable bonds is 6. The van der Waals surface area contributed by atoms with Gasteiger partial charge < -0.3 is 15.4 Å². The van der Waals surface area contributed by atoms with Crippen molar-refractivity contribution in [3.63, 3.8) is 0 Å². The number of benzene rings is 1. The lowest BCUT2D eigenvalue weighted by Crippen LogP contribution is -2.39. The maximum Gasteiger partial charge on any atom is 0.319 e. The molecule has 28 heavy (non-hydrogen) atoms. The van der Waals surface area contributed by atoms with Crippen LogP contribution in [0.15, 0.2) is 41.6 Å². The monoisotopic (exact) mass is 405 g/mol. The Hall–Kier alpha value is -2.88. The van der Waals surface area contributed by atoms with Crippen molar-refractivity contribution < 1.29 is 17.9 Å². The molecule has 1 aromatic carbocycles. The van der Waals surface area contributed by atoms with Gasteiger partial charge in [0.1, 0.15) is 12.1 Å². The van der Waals surface area contributed by atoms with Gasteiger partial charge in [0.2, 0.25) is 5.88 Å². The van der Waals surface area contributed by atoms with Gasteiger partial charge in [-0.1, -0.05) is 19.3 Å². The number of methoxy groups -OCH3 is 1. The highest BCUT2D eigenvalue weighted by Gasteiger charge is 2.17. The highest BCUT2D eigenvalue weighted by molar-refractivity contribution is 7.92. The molecule has 9 nitrogen and oxygen atoms in total. The molecule has 3 N–H and O–H groups in total. The van der Waals surface area contributed by atoms with E-state index in [0.717, 1.165) is 25.7 Å². The van der Waals surface area contributed by atoms with E-state index in [2.05, 4.69) is 25.3 Å². The molecule has 150 valence electrons. The van der Waals surface area contributed by atoms with E-state index in [4.69, 9.17) is 4.74 Å². The SMILES string of the molecule is COc1cc(NS(=O)(=O)c2ccc(NC(=O)NC3CCCCC3)cc2)ncn1. The summed E-state index contributed by atoms with van der Waals surface area (Å²) in [5.41, 5.74) is 0.510. The third-order valence-electron chi connectivity index (χ3n) is 4.45. The van der Waals surface area contributed by atoms with Gasteiger partial charge in [0.15, 0.2) is 0 Å². The predicted octanol–water partition coefficient (Wildman–Crippen LogP) is 2.74. The molecule has 3 rings (SSSR count). The lowest BCUT2D eigenvalue weighted by Gasteiger charge is -2.22. The van der Waals surface area contributed by atoms with Crippen LogP contribution in [0.4, 0.5) is 16.3 Å². The third-order valence-corrected chi connectivity index (χ3v) is 5.82. The quantitative estimate of drug-likeness (QED) is 0.679. The Kier molecular flexibility index (Phi) is 6.30. The van der Waals surface area contributed by atoms with Crippen molar-refractivity contribution in [2.24, 2.45) is 0 Å². The molecule has 0 radical (unpaired) electrons. The van der Waals surface area contributed by atoms with E-state index in [9.17, 15) is 13.2 Å². The van der Waals surface area contributed by atoms with Gasteiger partial charge in [-0.15, -0.1) is 0 Å². The van der Waals surface area contributed by atoms with Crippen LogP contribution in [0, 0.1) is 0 Å². The first-order valence-electron chi connectivity index (χ1n) is 9.03. The van der Waals surface area contributed by atoms with Gasteiger partial charge in [-0.25, -0.2) is 23.2 Å². The second-order valence-electron chi connectivity index (χ2n) is 6.51. The Morgan fingerprint density at radius 1 is 1.11 bits per heavy atom. The first-order valence-corrected chi connectivity index (χ1v) is 10.5. The number of carbonyl (C=O) groups is 1. The molecular formula is C18H23N5O4S. The number of ether oxygens (including phenoxy) is 1. The topological polar surface area (TPSA) is 122 Å². The van der Waals surface area contributed by atoms with Crippen LogP contribution in [-0.4, -0.2) is 37.6 Å². The molecule has 0 saturated heterocycles. The van der Waals surface area contributed by atoms with E-state index in [0.29, 0.717) is 5.69 Å². The zero-order valence-electron chi connectivity index (χ0n) is 15.5. The summed E-state index contributed by atoms with van der Waals surface area (Å²) in [4.78, 5) is 19.8. The summed E-state index contributed by atoms with van der Waals surface area (Å²) in [6.07, 6.45) is 6.65. The van der Waals surface area contributed by atoms with Crippen LogP contribution < -0.4 is 20.1 Å². The Balaban J connectivity index is 1.61.